The number of rotatable bonds is 3. The Kier molecular flexibility index (Phi) is 3.36. The summed E-state index contributed by atoms with van der Waals surface area (Å²) in [6.07, 6.45) is 8.57. The standard InChI is InChI=1S/C16H21N3/c1-16(9-5-2-6-10-16)12-17-15-14-8-4-3-7-13(14)11-18-19-15/h3-4,7-8,11H,2,5-6,9-10,12H2,1H3,(H,17,19). The molecule has 1 fully saturated rings. The van der Waals surface area contributed by atoms with Crippen LogP contribution >= 0.6 is 0 Å². The number of fused-ring (bicyclic) bond motifs is 1. The summed E-state index contributed by atoms with van der Waals surface area (Å²) in [5.74, 6) is 0.921. The number of hydrogen-bond donors (Lipinski definition) is 1. The summed E-state index contributed by atoms with van der Waals surface area (Å²) in [4.78, 5) is 0. The minimum atomic E-state index is 0.414. The van der Waals surface area contributed by atoms with Gasteiger partial charge in [0.15, 0.2) is 5.82 Å². The molecule has 1 aliphatic rings. The molecule has 1 N–H and O–H groups in total. The monoisotopic (exact) mass is 255 g/mol. The maximum Gasteiger partial charge on any atom is 0.156 e. The second-order valence-corrected chi connectivity index (χ2v) is 6.01. The van der Waals surface area contributed by atoms with Crippen LogP contribution in [0.5, 0.6) is 0 Å². The highest BCUT2D eigenvalue weighted by molar-refractivity contribution is 5.90. The maximum atomic E-state index is 4.26. The van der Waals surface area contributed by atoms with Crippen molar-refractivity contribution in [3.05, 3.63) is 30.5 Å². The lowest BCUT2D eigenvalue weighted by Crippen LogP contribution is -2.29. The molecule has 0 aliphatic heterocycles. The van der Waals surface area contributed by atoms with Gasteiger partial charge in [-0.1, -0.05) is 50.5 Å². The molecule has 1 aliphatic carbocycles. The molecule has 3 heteroatoms. The normalized spacial score (nSPS) is 18.4. The Balaban J connectivity index is 1.78. The van der Waals surface area contributed by atoms with Crippen LogP contribution in [0.1, 0.15) is 39.0 Å². The van der Waals surface area contributed by atoms with E-state index < -0.39 is 0 Å². The minimum absolute atomic E-state index is 0.414. The second kappa shape index (κ2) is 5.16. The van der Waals surface area contributed by atoms with Crippen LogP contribution in [0.25, 0.3) is 10.8 Å². The van der Waals surface area contributed by atoms with E-state index in [2.05, 4.69) is 40.6 Å². The Labute approximate surface area is 114 Å². The van der Waals surface area contributed by atoms with Crippen LogP contribution in [0.3, 0.4) is 0 Å². The SMILES string of the molecule is CC1(CNc2nncc3ccccc23)CCCCC1. The highest BCUT2D eigenvalue weighted by Crippen LogP contribution is 2.36. The van der Waals surface area contributed by atoms with E-state index in [0.29, 0.717) is 5.41 Å². The fourth-order valence-corrected chi connectivity index (χ4v) is 3.04. The van der Waals surface area contributed by atoms with Gasteiger partial charge in [-0.2, -0.15) is 5.10 Å². The van der Waals surface area contributed by atoms with E-state index in [9.17, 15) is 0 Å². The van der Waals surface area contributed by atoms with Gasteiger partial charge in [-0.15, -0.1) is 5.10 Å². The van der Waals surface area contributed by atoms with Crippen molar-refractivity contribution in [1.82, 2.24) is 10.2 Å². The predicted molar refractivity (Wildman–Crippen MR) is 79.2 cm³/mol. The molecular formula is C16H21N3. The lowest BCUT2D eigenvalue weighted by Gasteiger charge is -2.33. The zero-order valence-electron chi connectivity index (χ0n) is 11.5. The Morgan fingerprint density at radius 2 is 1.95 bits per heavy atom. The summed E-state index contributed by atoms with van der Waals surface area (Å²) in [7, 11) is 0. The van der Waals surface area contributed by atoms with Crippen LogP contribution in [0.4, 0.5) is 5.82 Å². The first kappa shape index (κ1) is 12.4. The van der Waals surface area contributed by atoms with Crippen molar-refractivity contribution in [2.24, 2.45) is 5.41 Å². The molecule has 3 rings (SSSR count). The van der Waals surface area contributed by atoms with Gasteiger partial charge in [0.2, 0.25) is 0 Å². The van der Waals surface area contributed by atoms with Gasteiger partial charge in [0.25, 0.3) is 0 Å². The molecule has 0 saturated heterocycles. The number of nitrogens with zero attached hydrogens (tertiary/aromatic N) is 2. The third-order valence-electron chi connectivity index (χ3n) is 4.31. The topological polar surface area (TPSA) is 37.8 Å². The summed E-state index contributed by atoms with van der Waals surface area (Å²) in [5.41, 5.74) is 0.414. The number of hydrogen-bond acceptors (Lipinski definition) is 3. The Bertz CT molecular complexity index is 553. The summed E-state index contributed by atoms with van der Waals surface area (Å²) in [6.45, 7) is 3.38. The number of anilines is 1. The zero-order valence-corrected chi connectivity index (χ0v) is 11.5. The molecule has 0 atom stereocenters. The molecule has 1 aromatic heterocycles. The van der Waals surface area contributed by atoms with Crippen LogP contribution < -0.4 is 5.32 Å². The molecule has 2 aromatic rings. The fraction of sp³-hybridized carbons (Fsp3) is 0.500. The van der Waals surface area contributed by atoms with Gasteiger partial charge in [0.05, 0.1) is 6.20 Å². The van der Waals surface area contributed by atoms with Crippen LogP contribution in [0, 0.1) is 5.41 Å². The molecule has 19 heavy (non-hydrogen) atoms. The summed E-state index contributed by atoms with van der Waals surface area (Å²) in [6, 6.07) is 8.28. The van der Waals surface area contributed by atoms with Crippen molar-refractivity contribution in [3.63, 3.8) is 0 Å². The van der Waals surface area contributed by atoms with E-state index in [0.717, 1.165) is 23.1 Å². The third-order valence-corrected chi connectivity index (χ3v) is 4.31. The molecule has 0 amide bonds. The van der Waals surface area contributed by atoms with Crippen LogP contribution in [-0.2, 0) is 0 Å². The van der Waals surface area contributed by atoms with E-state index in [1.807, 2.05) is 12.3 Å². The van der Waals surface area contributed by atoms with E-state index in [-0.39, 0.29) is 0 Å². The van der Waals surface area contributed by atoms with Gasteiger partial charge in [-0.25, -0.2) is 0 Å². The Morgan fingerprint density at radius 3 is 2.79 bits per heavy atom. The summed E-state index contributed by atoms with van der Waals surface area (Å²) >= 11 is 0. The molecular weight excluding hydrogens is 234 g/mol. The van der Waals surface area contributed by atoms with E-state index in [4.69, 9.17) is 0 Å². The minimum Gasteiger partial charge on any atom is -0.368 e. The first-order chi connectivity index (χ1) is 9.27. The van der Waals surface area contributed by atoms with Crippen LogP contribution in [0.2, 0.25) is 0 Å². The van der Waals surface area contributed by atoms with Gasteiger partial charge in [0.1, 0.15) is 0 Å². The number of aromatic nitrogens is 2. The maximum absolute atomic E-state index is 4.26. The lowest BCUT2D eigenvalue weighted by molar-refractivity contribution is 0.233. The summed E-state index contributed by atoms with van der Waals surface area (Å²) < 4.78 is 0. The van der Waals surface area contributed by atoms with Crippen LogP contribution in [-0.4, -0.2) is 16.7 Å². The van der Waals surface area contributed by atoms with Gasteiger partial charge in [0, 0.05) is 17.3 Å². The highest BCUT2D eigenvalue weighted by Gasteiger charge is 2.26. The fourth-order valence-electron chi connectivity index (χ4n) is 3.04. The number of nitrogens with one attached hydrogen (secondary N) is 1. The van der Waals surface area contributed by atoms with Gasteiger partial charge in [-0.05, 0) is 18.3 Å². The average Bonchev–Trinajstić information content (AvgIpc) is 2.46. The number of benzene rings is 1. The van der Waals surface area contributed by atoms with Gasteiger partial charge < -0.3 is 5.32 Å². The predicted octanol–water partition coefficient (Wildman–Crippen LogP) is 4.01. The molecule has 0 unspecified atom stereocenters. The summed E-state index contributed by atoms with van der Waals surface area (Å²) in [5, 5.41) is 14.2. The molecule has 0 bridgehead atoms. The van der Waals surface area contributed by atoms with Gasteiger partial charge >= 0.3 is 0 Å². The molecule has 100 valence electrons. The average molecular weight is 255 g/mol. The van der Waals surface area contributed by atoms with E-state index in [1.165, 1.54) is 32.1 Å². The van der Waals surface area contributed by atoms with Gasteiger partial charge in [-0.3, -0.25) is 0 Å². The first-order valence-electron chi connectivity index (χ1n) is 7.21. The van der Waals surface area contributed by atoms with Crippen molar-refractivity contribution < 1.29 is 0 Å². The highest BCUT2D eigenvalue weighted by atomic mass is 15.2. The molecule has 3 nitrogen and oxygen atoms in total. The molecule has 0 radical (unpaired) electrons. The molecule has 1 saturated carbocycles. The smallest absolute Gasteiger partial charge is 0.156 e. The molecule has 0 spiro atoms. The van der Waals surface area contributed by atoms with E-state index >= 15 is 0 Å². The van der Waals surface area contributed by atoms with Crippen molar-refractivity contribution in [2.45, 2.75) is 39.0 Å². The van der Waals surface area contributed by atoms with Crippen molar-refractivity contribution >= 4 is 16.6 Å². The van der Waals surface area contributed by atoms with Crippen molar-refractivity contribution in [3.8, 4) is 0 Å². The van der Waals surface area contributed by atoms with Crippen molar-refractivity contribution in [1.29, 1.82) is 0 Å². The first-order valence-corrected chi connectivity index (χ1v) is 7.21. The largest absolute Gasteiger partial charge is 0.368 e. The zero-order chi connectivity index (χ0) is 13.1. The van der Waals surface area contributed by atoms with Crippen molar-refractivity contribution in [2.75, 3.05) is 11.9 Å². The lowest BCUT2D eigenvalue weighted by atomic mass is 9.76. The molecule has 1 heterocycles. The second-order valence-electron chi connectivity index (χ2n) is 6.01. The Morgan fingerprint density at radius 1 is 1.16 bits per heavy atom. The quantitative estimate of drug-likeness (QED) is 0.900. The molecule has 1 aromatic carbocycles. The Hall–Kier alpha value is -1.64. The van der Waals surface area contributed by atoms with E-state index in [1.54, 1.807) is 0 Å². The van der Waals surface area contributed by atoms with Crippen LogP contribution in [0.15, 0.2) is 30.5 Å². The third kappa shape index (κ3) is 2.70.